The average Bonchev–Trinajstić information content (AvgIpc) is 2.26. The first-order valence-electron chi connectivity index (χ1n) is 6.65. The zero-order valence-electron chi connectivity index (χ0n) is 11.9. The van der Waals surface area contributed by atoms with Gasteiger partial charge in [-0.2, -0.15) is 0 Å². The summed E-state index contributed by atoms with van der Waals surface area (Å²) in [5, 5.41) is 12.7. The van der Waals surface area contributed by atoms with Gasteiger partial charge in [0.2, 0.25) is 5.91 Å². The normalized spacial score (nSPS) is 20.4. The molecule has 0 aliphatic heterocycles. The lowest BCUT2D eigenvalue weighted by Gasteiger charge is -2.40. The summed E-state index contributed by atoms with van der Waals surface area (Å²) in [6.07, 6.45) is 1.71. The minimum Gasteiger partial charge on any atom is -0.444 e. The van der Waals surface area contributed by atoms with E-state index in [-0.39, 0.29) is 0 Å². The number of aliphatic hydroxyl groups is 1. The van der Waals surface area contributed by atoms with E-state index in [9.17, 15) is 14.7 Å². The van der Waals surface area contributed by atoms with Crippen molar-refractivity contribution in [3.63, 3.8) is 0 Å². The number of alkyl carbamates (subject to hydrolysis) is 1. The van der Waals surface area contributed by atoms with Crippen molar-refractivity contribution in [2.45, 2.75) is 70.1 Å². The van der Waals surface area contributed by atoms with Crippen LogP contribution in [0, 0.1) is 0 Å². The zero-order chi connectivity index (χ0) is 14.7. The van der Waals surface area contributed by atoms with Crippen molar-refractivity contribution in [1.29, 1.82) is 0 Å². The molecule has 1 aliphatic carbocycles. The first-order valence-corrected chi connectivity index (χ1v) is 6.65. The maximum atomic E-state index is 11.9. The van der Waals surface area contributed by atoms with E-state index in [1.165, 1.54) is 0 Å². The number of carbonyl (C=O) groups excluding carboxylic acids is 2. The third-order valence-corrected chi connectivity index (χ3v) is 3.29. The molecule has 4 N–H and O–H groups in total. The summed E-state index contributed by atoms with van der Waals surface area (Å²) in [6.45, 7) is 5.26. The highest BCUT2D eigenvalue weighted by Gasteiger charge is 2.44. The molecule has 6 heteroatoms. The van der Waals surface area contributed by atoms with Crippen molar-refractivity contribution in [1.82, 2.24) is 5.32 Å². The molecular weight excluding hydrogens is 248 g/mol. The summed E-state index contributed by atoms with van der Waals surface area (Å²) in [5.41, 5.74) is 3.55. The molecular formula is C13H24N2O4. The number of hydrogen-bond acceptors (Lipinski definition) is 4. The van der Waals surface area contributed by atoms with Gasteiger partial charge in [0.15, 0.2) is 6.10 Å². The minimum absolute atomic E-state index is 0.524. The summed E-state index contributed by atoms with van der Waals surface area (Å²) >= 11 is 0. The van der Waals surface area contributed by atoms with Gasteiger partial charge in [-0.1, -0.05) is 19.3 Å². The molecule has 0 bridgehead atoms. The van der Waals surface area contributed by atoms with Crippen LogP contribution in [0.4, 0.5) is 4.79 Å². The summed E-state index contributed by atoms with van der Waals surface area (Å²) in [5.74, 6) is -0.821. The third kappa shape index (κ3) is 4.38. The Morgan fingerprint density at radius 3 is 2.21 bits per heavy atom. The Kier molecular flexibility index (Phi) is 4.79. The summed E-state index contributed by atoms with van der Waals surface area (Å²) < 4.78 is 5.18. The van der Waals surface area contributed by atoms with Crippen molar-refractivity contribution < 1.29 is 19.4 Å². The number of nitrogens with two attached hydrogens (primary N) is 1. The van der Waals surface area contributed by atoms with Gasteiger partial charge in [-0.15, -0.1) is 0 Å². The van der Waals surface area contributed by atoms with Crippen LogP contribution < -0.4 is 11.1 Å². The molecule has 1 saturated carbocycles. The van der Waals surface area contributed by atoms with E-state index in [1.807, 2.05) is 0 Å². The lowest BCUT2D eigenvalue weighted by atomic mass is 9.77. The number of ether oxygens (including phenoxy) is 1. The molecule has 1 rings (SSSR count). The second-order valence-electron chi connectivity index (χ2n) is 6.15. The second-order valence-corrected chi connectivity index (χ2v) is 6.15. The van der Waals surface area contributed by atoms with E-state index in [0.29, 0.717) is 12.8 Å². The van der Waals surface area contributed by atoms with Crippen molar-refractivity contribution in [3.05, 3.63) is 0 Å². The van der Waals surface area contributed by atoms with Crippen LogP contribution in [0.15, 0.2) is 0 Å². The Bertz CT molecular complexity index is 343. The van der Waals surface area contributed by atoms with E-state index in [4.69, 9.17) is 10.5 Å². The number of nitrogens with one attached hydrogen (secondary N) is 1. The maximum Gasteiger partial charge on any atom is 0.408 e. The molecule has 1 fully saturated rings. The molecule has 0 aromatic rings. The number of aliphatic hydroxyl groups excluding tert-OH is 1. The van der Waals surface area contributed by atoms with E-state index < -0.39 is 29.2 Å². The lowest BCUT2D eigenvalue weighted by Crippen LogP contribution is -2.62. The number of rotatable bonds is 3. The first kappa shape index (κ1) is 15.8. The fourth-order valence-corrected chi connectivity index (χ4v) is 2.43. The molecule has 0 aromatic carbocycles. The molecule has 6 nitrogen and oxygen atoms in total. The van der Waals surface area contributed by atoms with Gasteiger partial charge in [-0.25, -0.2) is 4.79 Å². The molecule has 0 aromatic heterocycles. The smallest absolute Gasteiger partial charge is 0.408 e. The Balaban J connectivity index is 2.80. The molecule has 1 atom stereocenters. The number of amides is 2. The highest BCUT2D eigenvalue weighted by molar-refractivity contribution is 5.81. The monoisotopic (exact) mass is 272 g/mol. The van der Waals surface area contributed by atoms with E-state index in [1.54, 1.807) is 20.8 Å². The predicted octanol–water partition coefficient (Wildman–Crippen LogP) is 1.06. The van der Waals surface area contributed by atoms with E-state index in [2.05, 4.69) is 5.32 Å². The number of carbonyl (C=O) groups is 2. The van der Waals surface area contributed by atoms with Crippen molar-refractivity contribution in [2.75, 3.05) is 0 Å². The van der Waals surface area contributed by atoms with Crippen molar-refractivity contribution in [2.24, 2.45) is 5.73 Å². The Morgan fingerprint density at radius 1 is 1.26 bits per heavy atom. The standard InChI is InChI=1S/C13H24N2O4/c1-12(2,3)19-11(18)15-13(9(16)10(14)17)7-5-4-6-8-13/h9,16H,4-8H2,1-3H3,(H2,14,17)(H,15,18). The molecule has 19 heavy (non-hydrogen) atoms. The molecule has 1 aliphatic rings. The fourth-order valence-electron chi connectivity index (χ4n) is 2.43. The highest BCUT2D eigenvalue weighted by atomic mass is 16.6. The van der Waals surface area contributed by atoms with Crippen molar-refractivity contribution in [3.8, 4) is 0 Å². The Hall–Kier alpha value is -1.30. The average molecular weight is 272 g/mol. The summed E-state index contributed by atoms with van der Waals surface area (Å²) in [7, 11) is 0. The first-order chi connectivity index (χ1) is 8.66. The van der Waals surface area contributed by atoms with Gasteiger partial charge in [0.1, 0.15) is 5.60 Å². The summed E-state index contributed by atoms with van der Waals surface area (Å²) in [6, 6.07) is 0. The van der Waals surface area contributed by atoms with Crippen LogP contribution in [0.5, 0.6) is 0 Å². The molecule has 1 unspecified atom stereocenters. The fraction of sp³-hybridized carbons (Fsp3) is 0.846. The van der Waals surface area contributed by atoms with Crippen LogP contribution in [-0.4, -0.2) is 34.4 Å². The largest absolute Gasteiger partial charge is 0.444 e. The van der Waals surface area contributed by atoms with Gasteiger partial charge >= 0.3 is 6.09 Å². The molecule has 2 amide bonds. The molecule has 0 heterocycles. The Labute approximate surface area is 113 Å². The second kappa shape index (κ2) is 5.77. The highest BCUT2D eigenvalue weighted by Crippen LogP contribution is 2.31. The van der Waals surface area contributed by atoms with Gasteiger partial charge in [0, 0.05) is 0 Å². The van der Waals surface area contributed by atoms with Gasteiger partial charge in [-0.05, 0) is 33.6 Å². The van der Waals surface area contributed by atoms with Crippen molar-refractivity contribution >= 4 is 12.0 Å². The molecule has 0 saturated heterocycles. The third-order valence-electron chi connectivity index (χ3n) is 3.29. The molecule has 0 radical (unpaired) electrons. The predicted molar refractivity (Wildman–Crippen MR) is 70.4 cm³/mol. The van der Waals surface area contributed by atoms with Crippen LogP contribution >= 0.6 is 0 Å². The zero-order valence-corrected chi connectivity index (χ0v) is 11.9. The van der Waals surface area contributed by atoms with Gasteiger partial charge in [-0.3, -0.25) is 4.79 Å². The van der Waals surface area contributed by atoms with Gasteiger partial charge in [0.25, 0.3) is 0 Å². The Morgan fingerprint density at radius 2 is 1.79 bits per heavy atom. The van der Waals surface area contributed by atoms with Crippen LogP contribution in [0.25, 0.3) is 0 Å². The van der Waals surface area contributed by atoms with Crippen LogP contribution in [0.2, 0.25) is 0 Å². The molecule has 0 spiro atoms. The maximum absolute atomic E-state index is 11.9. The lowest BCUT2D eigenvalue weighted by molar-refractivity contribution is -0.131. The minimum atomic E-state index is -1.39. The van der Waals surface area contributed by atoms with Crippen LogP contribution in [0.1, 0.15) is 52.9 Å². The van der Waals surface area contributed by atoms with Gasteiger partial charge in [0.05, 0.1) is 5.54 Å². The number of primary amides is 1. The van der Waals surface area contributed by atoms with Gasteiger partial charge < -0.3 is 20.9 Å². The number of hydrogen-bond donors (Lipinski definition) is 3. The van der Waals surface area contributed by atoms with Crippen LogP contribution in [0.3, 0.4) is 0 Å². The topological polar surface area (TPSA) is 102 Å². The van der Waals surface area contributed by atoms with E-state index >= 15 is 0 Å². The summed E-state index contributed by atoms with van der Waals surface area (Å²) in [4.78, 5) is 23.1. The quantitative estimate of drug-likeness (QED) is 0.715. The SMILES string of the molecule is CC(C)(C)OC(=O)NC1(C(O)C(N)=O)CCCCC1. The van der Waals surface area contributed by atoms with E-state index in [0.717, 1.165) is 19.3 Å². The molecule has 110 valence electrons. The van der Waals surface area contributed by atoms with Crippen LogP contribution in [-0.2, 0) is 9.53 Å².